The molecule has 2 aromatic heterocycles. The lowest BCUT2D eigenvalue weighted by Crippen LogP contribution is -2.69. The van der Waals surface area contributed by atoms with Gasteiger partial charge in [-0.3, -0.25) is 9.59 Å². The summed E-state index contributed by atoms with van der Waals surface area (Å²) in [6, 6.07) is 7.26. The third-order valence-corrected chi connectivity index (χ3v) is 7.22. The summed E-state index contributed by atoms with van der Waals surface area (Å²) >= 11 is 6.48. The van der Waals surface area contributed by atoms with E-state index in [0.29, 0.717) is 36.4 Å². The van der Waals surface area contributed by atoms with Crippen molar-refractivity contribution in [2.24, 2.45) is 0 Å². The topological polar surface area (TPSA) is 102 Å². The molecule has 0 amide bonds. The highest BCUT2D eigenvalue weighted by atomic mass is 35.5. The first-order chi connectivity index (χ1) is 18.2. The lowest BCUT2D eigenvalue weighted by atomic mass is 9.93. The van der Waals surface area contributed by atoms with Gasteiger partial charge in [0.1, 0.15) is 17.2 Å². The molecule has 4 heterocycles. The Kier molecular flexibility index (Phi) is 7.30. The lowest BCUT2D eigenvalue weighted by Gasteiger charge is -2.52. The number of rotatable bonds is 8. The molecule has 1 spiro atoms. The quantitative estimate of drug-likeness (QED) is 0.458. The molecule has 0 unspecified atom stereocenters. The fourth-order valence-corrected chi connectivity index (χ4v) is 5.29. The van der Waals surface area contributed by atoms with Gasteiger partial charge in [-0.05, 0) is 45.2 Å². The Labute approximate surface area is 226 Å². The van der Waals surface area contributed by atoms with Crippen molar-refractivity contribution in [1.29, 1.82) is 0 Å². The van der Waals surface area contributed by atoms with Crippen LogP contribution in [0.1, 0.15) is 33.2 Å². The normalized spacial score (nSPS) is 17.2. The van der Waals surface area contributed by atoms with E-state index in [-0.39, 0.29) is 35.3 Å². The molecule has 1 aromatic carbocycles. The second kappa shape index (κ2) is 10.5. The number of anilines is 3. The molecule has 10 nitrogen and oxygen atoms in total. The Hall–Kier alpha value is -3.21. The minimum atomic E-state index is -0.262. The minimum Gasteiger partial charge on any atom is -0.480 e. The van der Waals surface area contributed by atoms with Crippen LogP contribution in [0.5, 0.6) is 5.75 Å². The molecular weight excluding hydrogens is 508 g/mol. The van der Waals surface area contributed by atoms with Crippen LogP contribution in [0.15, 0.2) is 35.3 Å². The smallest absolute Gasteiger partial charge is 0.293 e. The van der Waals surface area contributed by atoms with E-state index in [4.69, 9.17) is 26.1 Å². The average molecular weight is 541 g/mol. The molecule has 202 valence electrons. The maximum absolute atomic E-state index is 13.1. The standard InChI is InChI=1S/C27H33ClN6O4/c1-5-20(35)13-37-23-11-18-10-19(6-7-22(18)34(17(2)3)25(23)36)30-24-21(28)12-29-26(31-24)33-8-9-38-27(16-33)14-32(4)15-27/h6-7,10-12,17H,5,8-9,13-16H2,1-4H3,(H,29,30,31). The number of carbonyl (C=O) groups is 1. The first kappa shape index (κ1) is 26.4. The summed E-state index contributed by atoms with van der Waals surface area (Å²) in [5.74, 6) is 1.17. The maximum Gasteiger partial charge on any atom is 0.293 e. The monoisotopic (exact) mass is 540 g/mol. The number of aromatic nitrogens is 3. The molecule has 11 heteroatoms. The van der Waals surface area contributed by atoms with E-state index in [0.717, 1.165) is 36.2 Å². The van der Waals surface area contributed by atoms with Crippen molar-refractivity contribution in [3.63, 3.8) is 0 Å². The summed E-state index contributed by atoms with van der Waals surface area (Å²) in [6.07, 6.45) is 1.96. The highest BCUT2D eigenvalue weighted by Gasteiger charge is 2.46. The van der Waals surface area contributed by atoms with Crippen LogP contribution < -0.4 is 20.5 Å². The van der Waals surface area contributed by atoms with Crippen LogP contribution in [-0.2, 0) is 9.53 Å². The second-order valence-corrected chi connectivity index (χ2v) is 10.8. The van der Waals surface area contributed by atoms with Crippen LogP contribution in [0, 0.1) is 0 Å². The molecule has 0 saturated carbocycles. The molecule has 2 aliphatic heterocycles. The van der Waals surface area contributed by atoms with Crippen LogP contribution >= 0.6 is 11.6 Å². The zero-order chi connectivity index (χ0) is 27.0. The molecular formula is C27H33ClN6O4. The third-order valence-electron chi connectivity index (χ3n) is 6.94. The molecule has 5 rings (SSSR count). The summed E-state index contributed by atoms with van der Waals surface area (Å²) in [5, 5.41) is 4.50. The number of Topliss-reactive ketones (excluding diaryl/α,β-unsaturated/α-hetero) is 1. The number of nitrogens with one attached hydrogen (secondary N) is 1. The number of hydrogen-bond donors (Lipinski definition) is 1. The first-order valence-corrected chi connectivity index (χ1v) is 13.3. The number of pyridine rings is 1. The number of likely N-dealkylation sites (tertiary alicyclic amines) is 1. The first-order valence-electron chi connectivity index (χ1n) is 12.9. The summed E-state index contributed by atoms with van der Waals surface area (Å²) in [5.41, 5.74) is 1.08. The number of hydrogen-bond acceptors (Lipinski definition) is 9. The van der Waals surface area contributed by atoms with Crippen molar-refractivity contribution in [2.45, 2.75) is 38.8 Å². The van der Waals surface area contributed by atoms with Gasteiger partial charge in [0.25, 0.3) is 5.56 Å². The Morgan fingerprint density at radius 2 is 2.05 bits per heavy atom. The molecule has 2 saturated heterocycles. The number of likely N-dealkylation sites (N-methyl/N-ethyl adjacent to an activating group) is 1. The Morgan fingerprint density at radius 3 is 2.76 bits per heavy atom. The number of ether oxygens (including phenoxy) is 2. The fourth-order valence-electron chi connectivity index (χ4n) is 5.15. The van der Waals surface area contributed by atoms with E-state index in [9.17, 15) is 9.59 Å². The lowest BCUT2D eigenvalue weighted by molar-refractivity contribution is -0.141. The molecule has 38 heavy (non-hydrogen) atoms. The van der Waals surface area contributed by atoms with E-state index in [1.165, 1.54) is 0 Å². The average Bonchev–Trinajstić information content (AvgIpc) is 2.87. The fraction of sp³-hybridized carbons (Fsp3) is 0.481. The summed E-state index contributed by atoms with van der Waals surface area (Å²) in [7, 11) is 2.08. The number of halogens is 1. The van der Waals surface area contributed by atoms with Gasteiger partial charge in [0.2, 0.25) is 5.95 Å². The predicted molar refractivity (Wildman–Crippen MR) is 148 cm³/mol. The highest BCUT2D eigenvalue weighted by molar-refractivity contribution is 6.32. The van der Waals surface area contributed by atoms with Crippen LogP contribution in [0.3, 0.4) is 0 Å². The number of nitrogens with zero attached hydrogens (tertiary/aromatic N) is 5. The van der Waals surface area contributed by atoms with Crippen molar-refractivity contribution in [3.05, 3.63) is 45.8 Å². The molecule has 0 bridgehead atoms. The van der Waals surface area contributed by atoms with Gasteiger partial charge in [0.05, 0.1) is 24.9 Å². The third kappa shape index (κ3) is 5.21. The molecule has 0 atom stereocenters. The number of ketones is 1. The van der Waals surface area contributed by atoms with Gasteiger partial charge in [-0.2, -0.15) is 4.98 Å². The van der Waals surface area contributed by atoms with Gasteiger partial charge in [-0.25, -0.2) is 4.98 Å². The molecule has 0 radical (unpaired) electrons. The molecule has 2 aliphatic rings. The SMILES string of the molecule is CCC(=O)COc1cc2cc(Nc3nc(N4CCOC5(CN(C)C5)C4)ncc3Cl)ccc2n(C(C)C)c1=O. The largest absolute Gasteiger partial charge is 0.480 e. The molecule has 1 N–H and O–H groups in total. The van der Waals surface area contributed by atoms with Gasteiger partial charge in [-0.1, -0.05) is 18.5 Å². The Morgan fingerprint density at radius 1 is 1.26 bits per heavy atom. The highest BCUT2D eigenvalue weighted by Crippen LogP contribution is 2.32. The van der Waals surface area contributed by atoms with Crippen molar-refractivity contribution in [2.75, 3.05) is 56.7 Å². The zero-order valence-corrected chi connectivity index (χ0v) is 22.9. The number of benzene rings is 1. The van der Waals surface area contributed by atoms with Crippen molar-refractivity contribution in [1.82, 2.24) is 19.4 Å². The summed E-state index contributed by atoms with van der Waals surface area (Å²) < 4.78 is 13.4. The van der Waals surface area contributed by atoms with E-state index < -0.39 is 0 Å². The summed E-state index contributed by atoms with van der Waals surface area (Å²) in [4.78, 5) is 38.5. The van der Waals surface area contributed by atoms with Gasteiger partial charge < -0.3 is 29.2 Å². The Balaban J connectivity index is 1.43. The van der Waals surface area contributed by atoms with Crippen LogP contribution in [0.2, 0.25) is 5.02 Å². The molecule has 3 aromatic rings. The van der Waals surface area contributed by atoms with Gasteiger partial charge >= 0.3 is 0 Å². The predicted octanol–water partition coefficient (Wildman–Crippen LogP) is 3.65. The van der Waals surface area contributed by atoms with E-state index in [1.807, 2.05) is 32.0 Å². The van der Waals surface area contributed by atoms with E-state index in [1.54, 1.807) is 23.8 Å². The maximum atomic E-state index is 13.1. The second-order valence-electron chi connectivity index (χ2n) is 10.3. The minimum absolute atomic E-state index is 0.0688. The van der Waals surface area contributed by atoms with Gasteiger partial charge in [0, 0.05) is 43.2 Å². The van der Waals surface area contributed by atoms with Crippen molar-refractivity contribution in [3.8, 4) is 5.75 Å². The van der Waals surface area contributed by atoms with E-state index >= 15 is 0 Å². The van der Waals surface area contributed by atoms with Crippen molar-refractivity contribution < 1.29 is 14.3 Å². The molecule has 0 aliphatic carbocycles. The van der Waals surface area contributed by atoms with Gasteiger partial charge in [-0.15, -0.1) is 0 Å². The van der Waals surface area contributed by atoms with Crippen molar-refractivity contribution >= 4 is 45.7 Å². The van der Waals surface area contributed by atoms with Gasteiger partial charge in [0.15, 0.2) is 17.4 Å². The number of morpholine rings is 1. The number of carbonyl (C=O) groups excluding carboxylic acids is 1. The van der Waals surface area contributed by atoms with E-state index in [2.05, 4.69) is 27.1 Å². The molecule has 2 fully saturated rings. The summed E-state index contributed by atoms with van der Waals surface area (Å²) in [6.45, 7) is 9.34. The van der Waals surface area contributed by atoms with Crippen LogP contribution in [0.25, 0.3) is 10.9 Å². The zero-order valence-electron chi connectivity index (χ0n) is 22.2. The van der Waals surface area contributed by atoms with Crippen LogP contribution in [-0.4, -0.2) is 77.3 Å². The number of fused-ring (bicyclic) bond motifs is 1. The Bertz CT molecular complexity index is 1410. The van der Waals surface area contributed by atoms with Crippen LogP contribution in [0.4, 0.5) is 17.5 Å².